The molecule has 0 spiro atoms. The minimum atomic E-state index is -4.00. The molecule has 0 bridgehead atoms. The number of benzene rings is 1. The Labute approximate surface area is 304 Å². The van der Waals surface area contributed by atoms with Crippen LogP contribution in [0.15, 0.2) is 42.6 Å². The van der Waals surface area contributed by atoms with Crippen molar-refractivity contribution < 1.29 is 42.2 Å². The lowest BCUT2D eigenvalue weighted by Crippen LogP contribution is -2.59. The van der Waals surface area contributed by atoms with Gasteiger partial charge in [-0.2, -0.15) is 0 Å². The van der Waals surface area contributed by atoms with E-state index in [2.05, 4.69) is 27.3 Å². The highest BCUT2D eigenvalue weighted by atomic mass is 32.2. The highest BCUT2D eigenvalue weighted by Gasteiger charge is 2.63. The largest absolute Gasteiger partial charge is 0.492 e. The van der Waals surface area contributed by atoms with E-state index in [1.54, 1.807) is 13.1 Å². The fraction of sp³-hybridized carbons (Fsp3) is 0.595. The van der Waals surface area contributed by atoms with Gasteiger partial charge in [-0.3, -0.25) is 19.1 Å². The topological polar surface area (TPSA) is 193 Å². The molecular weight excluding hydrogens is 691 g/mol. The number of allylic oxidation sites excluding steroid dienone is 1. The molecule has 3 heterocycles. The molecule has 2 aliphatic carbocycles. The molecule has 4 N–H and O–H groups in total. The number of carbonyl (C=O) groups is 4. The SMILES string of the molecule is CCOc1cnc(O[C@@H]2C[C@H]3C(=O)NC4(C(=O)NS(=O)(=O)C5(C)CC5)CC4/C=C\CC[C@@H](C)C[C@@H](CC)[C@H](NC(=O)O)C(=O)N3C2)c2ccccc12. The molecule has 2 aromatic rings. The Morgan fingerprint density at radius 1 is 1.13 bits per heavy atom. The Hall–Kier alpha value is -4.40. The molecule has 15 heteroatoms. The molecule has 7 atom stereocenters. The number of hydrogen-bond donors (Lipinski definition) is 4. The third kappa shape index (κ3) is 7.42. The number of amides is 4. The van der Waals surface area contributed by atoms with E-state index in [9.17, 15) is 32.7 Å². The van der Waals surface area contributed by atoms with E-state index < -0.39 is 68.2 Å². The van der Waals surface area contributed by atoms with Gasteiger partial charge >= 0.3 is 6.09 Å². The van der Waals surface area contributed by atoms with Crippen molar-refractivity contribution in [2.75, 3.05) is 13.2 Å². The van der Waals surface area contributed by atoms with Crippen LogP contribution in [0, 0.1) is 17.8 Å². The zero-order chi connectivity index (χ0) is 37.4. The predicted octanol–water partition coefficient (Wildman–Crippen LogP) is 3.89. The van der Waals surface area contributed by atoms with Crippen molar-refractivity contribution >= 4 is 44.6 Å². The van der Waals surface area contributed by atoms with Gasteiger partial charge < -0.3 is 30.1 Å². The highest BCUT2D eigenvalue weighted by molar-refractivity contribution is 7.91. The molecule has 52 heavy (non-hydrogen) atoms. The van der Waals surface area contributed by atoms with Gasteiger partial charge in [0.05, 0.1) is 24.1 Å². The van der Waals surface area contributed by atoms with Gasteiger partial charge in [0, 0.05) is 23.1 Å². The van der Waals surface area contributed by atoms with Gasteiger partial charge in [0.15, 0.2) is 0 Å². The van der Waals surface area contributed by atoms with Gasteiger partial charge in [-0.15, -0.1) is 0 Å². The van der Waals surface area contributed by atoms with Crippen LogP contribution in [0.1, 0.15) is 79.1 Å². The van der Waals surface area contributed by atoms with Crippen LogP contribution in [0.2, 0.25) is 0 Å². The number of sulfonamides is 1. The van der Waals surface area contributed by atoms with Crippen molar-refractivity contribution in [3.63, 3.8) is 0 Å². The van der Waals surface area contributed by atoms with Crippen LogP contribution in [0.4, 0.5) is 4.79 Å². The molecular formula is C37H49N5O9S. The van der Waals surface area contributed by atoms with Gasteiger partial charge in [0.2, 0.25) is 27.7 Å². The molecule has 1 saturated heterocycles. The van der Waals surface area contributed by atoms with Gasteiger partial charge in [-0.05, 0) is 70.3 Å². The summed E-state index contributed by atoms with van der Waals surface area (Å²) in [7, 11) is -4.00. The van der Waals surface area contributed by atoms with E-state index in [1.165, 1.54) is 4.90 Å². The van der Waals surface area contributed by atoms with Crippen molar-refractivity contribution in [3.05, 3.63) is 42.6 Å². The second-order valence-electron chi connectivity index (χ2n) is 15.0. The number of aromatic nitrogens is 1. The van der Waals surface area contributed by atoms with Crippen molar-refractivity contribution in [2.45, 2.75) is 108 Å². The lowest BCUT2D eigenvalue weighted by atomic mass is 9.85. The van der Waals surface area contributed by atoms with Gasteiger partial charge in [-0.25, -0.2) is 18.2 Å². The summed E-state index contributed by atoms with van der Waals surface area (Å²) in [6.07, 6.45) is 6.83. The average Bonchev–Trinajstić information content (AvgIpc) is 3.98. The van der Waals surface area contributed by atoms with Crippen LogP contribution < -0.4 is 24.8 Å². The first-order chi connectivity index (χ1) is 24.7. The lowest BCUT2D eigenvalue weighted by Gasteiger charge is -2.33. The van der Waals surface area contributed by atoms with Gasteiger partial charge in [0.25, 0.3) is 5.91 Å². The first-order valence-electron chi connectivity index (χ1n) is 18.2. The van der Waals surface area contributed by atoms with E-state index in [4.69, 9.17) is 9.47 Å². The molecule has 1 aromatic heterocycles. The van der Waals surface area contributed by atoms with Crippen molar-refractivity contribution in [2.24, 2.45) is 17.8 Å². The van der Waals surface area contributed by atoms with Crippen LogP contribution in [0.5, 0.6) is 11.6 Å². The van der Waals surface area contributed by atoms with Crippen LogP contribution >= 0.6 is 0 Å². The second kappa shape index (κ2) is 14.6. The monoisotopic (exact) mass is 739 g/mol. The number of hydrogen-bond acceptors (Lipinski definition) is 9. The Morgan fingerprint density at radius 3 is 2.54 bits per heavy atom. The Bertz CT molecular complexity index is 1860. The summed E-state index contributed by atoms with van der Waals surface area (Å²) < 4.78 is 39.6. The van der Waals surface area contributed by atoms with Crippen LogP contribution in [0.3, 0.4) is 0 Å². The average molecular weight is 740 g/mol. The number of pyridine rings is 1. The number of fused-ring (bicyclic) bond motifs is 3. The van der Waals surface area contributed by atoms with E-state index in [1.807, 2.05) is 50.3 Å². The highest BCUT2D eigenvalue weighted by Crippen LogP contribution is 2.47. The van der Waals surface area contributed by atoms with Crippen LogP contribution in [0.25, 0.3) is 10.8 Å². The van der Waals surface area contributed by atoms with E-state index in [-0.39, 0.29) is 37.1 Å². The van der Waals surface area contributed by atoms with E-state index in [0.29, 0.717) is 49.8 Å². The Balaban J connectivity index is 1.35. The first-order valence-corrected chi connectivity index (χ1v) is 19.7. The summed E-state index contributed by atoms with van der Waals surface area (Å²) in [5, 5.41) is 16.6. The summed E-state index contributed by atoms with van der Waals surface area (Å²) in [6, 6.07) is 5.13. The van der Waals surface area contributed by atoms with Gasteiger partial charge in [0.1, 0.15) is 29.5 Å². The standard InChI is InChI=1S/C37H49N5O9S/c1-5-23-17-22(3)11-7-8-12-24-19-37(24,34(45)41-52(48,49)36(4)15-16-36)40-31(43)28-18-25(21-42(28)33(44)30(23)39-35(46)47)51-32-27-14-10-9-13-26(27)29(20-38-32)50-6-2/h8-10,12-14,20,22-25,28,30,39H,5-7,11,15-19,21H2,1-4H3,(H,40,43)(H,41,45)(H,46,47)/b12-8-/t22-,23-,24?,25-,28+,30+,37?/m1/s1. The Kier molecular flexibility index (Phi) is 10.5. The molecule has 282 valence electrons. The molecule has 14 nitrogen and oxygen atoms in total. The lowest BCUT2D eigenvalue weighted by molar-refractivity contribution is -0.142. The first kappa shape index (κ1) is 37.4. The quantitative estimate of drug-likeness (QED) is 0.274. The maximum absolute atomic E-state index is 14.5. The molecule has 6 rings (SSSR count). The molecule has 1 aromatic carbocycles. The number of nitrogens with zero attached hydrogens (tertiary/aromatic N) is 2. The third-order valence-electron chi connectivity index (χ3n) is 11.2. The smallest absolute Gasteiger partial charge is 0.405 e. The Morgan fingerprint density at radius 2 is 1.87 bits per heavy atom. The number of rotatable bonds is 9. The molecule has 2 aliphatic heterocycles. The summed E-state index contributed by atoms with van der Waals surface area (Å²) in [6.45, 7) is 7.79. The summed E-state index contributed by atoms with van der Waals surface area (Å²) in [5.74, 6) is -1.86. The summed E-state index contributed by atoms with van der Waals surface area (Å²) >= 11 is 0. The molecule has 3 fully saturated rings. The summed E-state index contributed by atoms with van der Waals surface area (Å²) in [5.41, 5.74) is -1.54. The normalized spacial score (nSPS) is 30.8. The molecule has 2 saturated carbocycles. The maximum Gasteiger partial charge on any atom is 0.405 e. The second-order valence-corrected chi connectivity index (χ2v) is 17.2. The molecule has 0 radical (unpaired) electrons. The minimum Gasteiger partial charge on any atom is -0.492 e. The third-order valence-corrected chi connectivity index (χ3v) is 13.3. The maximum atomic E-state index is 14.5. The summed E-state index contributed by atoms with van der Waals surface area (Å²) in [4.78, 5) is 60.6. The number of carboxylic acid groups (broad SMARTS) is 1. The zero-order valence-corrected chi connectivity index (χ0v) is 30.9. The van der Waals surface area contributed by atoms with Crippen LogP contribution in [-0.2, 0) is 24.4 Å². The van der Waals surface area contributed by atoms with Gasteiger partial charge in [-0.1, -0.05) is 50.6 Å². The van der Waals surface area contributed by atoms with Crippen molar-refractivity contribution in [1.29, 1.82) is 0 Å². The predicted molar refractivity (Wildman–Crippen MR) is 192 cm³/mol. The zero-order valence-electron chi connectivity index (χ0n) is 30.1. The molecule has 4 aliphatic rings. The number of nitrogens with one attached hydrogen (secondary N) is 3. The van der Waals surface area contributed by atoms with Crippen molar-refractivity contribution in [3.8, 4) is 11.6 Å². The number of ether oxygens (including phenoxy) is 2. The van der Waals surface area contributed by atoms with E-state index in [0.717, 1.165) is 11.8 Å². The molecule has 4 amide bonds. The minimum absolute atomic E-state index is 0.0162. The van der Waals surface area contributed by atoms with Crippen molar-refractivity contribution in [1.82, 2.24) is 25.2 Å². The fourth-order valence-corrected chi connectivity index (χ4v) is 8.92. The molecule has 2 unspecified atom stereocenters. The van der Waals surface area contributed by atoms with E-state index >= 15 is 0 Å². The van der Waals surface area contributed by atoms with Crippen LogP contribution in [-0.4, -0.2) is 88.8 Å². The fourth-order valence-electron chi connectivity index (χ4n) is 7.61. The number of carbonyl (C=O) groups excluding carboxylic acids is 3.